The standard InChI is InChI=1S/C46H54ClN7O7S/c1-45(2)9-7-30(38(23-45)36-21-39(47)37-20-35(36)37)26-52-13-15-53(16-14-52)31-3-5-34(42(18-31)61-32-17-29-8-12-48-43(29)50-25-32)44(55)51-62(58,59)33-4-6-40(41(19-33)54(56)57)49-24-28-22-46(10-11-46)60-27-28/h3-6,8,12,17-19,25,28,35-37,39,49H,7,9-11,13-16,20-24,26-27H2,1-2H3,(H,48,50)(H,51,55)/t28?,35?,36-,37?,39+/m1/s1. The maximum absolute atomic E-state index is 14.0. The van der Waals surface area contributed by atoms with E-state index < -0.39 is 31.4 Å². The van der Waals surface area contributed by atoms with Crippen LogP contribution >= 0.6 is 11.6 Å². The molecule has 3 N–H and O–H groups in total. The van der Waals surface area contributed by atoms with E-state index in [4.69, 9.17) is 21.1 Å². The number of carbonyl (C=O) groups is 1. The van der Waals surface area contributed by atoms with Gasteiger partial charge in [0, 0.05) is 80.0 Å². The smallest absolute Gasteiger partial charge is 0.293 e. The van der Waals surface area contributed by atoms with Gasteiger partial charge in [0.25, 0.3) is 21.6 Å². The fourth-order valence-electron chi connectivity index (χ4n) is 10.6. The van der Waals surface area contributed by atoms with E-state index in [1.807, 2.05) is 12.1 Å². The van der Waals surface area contributed by atoms with Gasteiger partial charge in [-0.25, -0.2) is 18.1 Å². The molecule has 3 unspecified atom stereocenters. The molecular weight excluding hydrogens is 830 g/mol. The lowest BCUT2D eigenvalue weighted by atomic mass is 9.70. The number of fused-ring (bicyclic) bond motifs is 2. The van der Waals surface area contributed by atoms with Crippen LogP contribution in [0.4, 0.5) is 17.1 Å². The number of hydrogen-bond donors (Lipinski definition) is 3. The summed E-state index contributed by atoms with van der Waals surface area (Å²) >= 11 is 6.78. The number of hydrogen-bond acceptors (Lipinski definition) is 11. The molecule has 2 saturated heterocycles. The van der Waals surface area contributed by atoms with E-state index in [1.165, 1.54) is 25.0 Å². The third-order valence-corrected chi connectivity index (χ3v) is 16.2. The Kier molecular flexibility index (Phi) is 10.5. The Labute approximate surface area is 367 Å². The largest absolute Gasteiger partial charge is 0.455 e. The van der Waals surface area contributed by atoms with Gasteiger partial charge in [0.15, 0.2) is 0 Å². The van der Waals surface area contributed by atoms with Crippen LogP contribution in [0.15, 0.2) is 77.0 Å². The van der Waals surface area contributed by atoms with Crippen molar-refractivity contribution in [2.75, 3.05) is 56.1 Å². The second-order valence-electron chi connectivity index (χ2n) is 19.3. The number of aromatic amines is 1. The monoisotopic (exact) mass is 883 g/mol. The molecule has 6 aliphatic rings. The minimum Gasteiger partial charge on any atom is -0.455 e. The van der Waals surface area contributed by atoms with Crippen LogP contribution in [0.5, 0.6) is 11.5 Å². The molecule has 0 bridgehead atoms. The highest BCUT2D eigenvalue weighted by molar-refractivity contribution is 7.90. The zero-order chi connectivity index (χ0) is 43.0. The lowest BCUT2D eigenvalue weighted by Gasteiger charge is -2.40. The van der Waals surface area contributed by atoms with Gasteiger partial charge < -0.3 is 24.7 Å². The number of nitro benzene ring substituents is 1. The molecule has 62 heavy (non-hydrogen) atoms. The highest BCUT2D eigenvalue weighted by atomic mass is 35.5. The van der Waals surface area contributed by atoms with Crippen molar-refractivity contribution in [2.45, 2.75) is 81.1 Å². The molecule has 1 amide bonds. The van der Waals surface area contributed by atoms with Crippen LogP contribution in [-0.4, -0.2) is 91.0 Å². The number of rotatable bonds is 13. The number of halogens is 1. The molecule has 4 heterocycles. The molecule has 2 aliphatic heterocycles. The Balaban J connectivity index is 0.855. The van der Waals surface area contributed by atoms with Crippen molar-refractivity contribution >= 4 is 55.6 Å². The predicted octanol–water partition coefficient (Wildman–Crippen LogP) is 8.26. The minimum absolute atomic E-state index is 0.0196. The average Bonchev–Trinajstić information content (AvgIpc) is 4.06. The molecule has 10 rings (SSSR count). The van der Waals surface area contributed by atoms with E-state index in [0.717, 1.165) is 94.3 Å². The van der Waals surface area contributed by atoms with Crippen molar-refractivity contribution in [3.8, 4) is 11.5 Å². The molecule has 14 nitrogen and oxygen atoms in total. The topological polar surface area (TPSA) is 172 Å². The fourth-order valence-corrected chi connectivity index (χ4v) is 12.1. The Bertz CT molecular complexity index is 2570. The number of amides is 1. The number of pyridine rings is 1. The summed E-state index contributed by atoms with van der Waals surface area (Å²) in [6, 6.07) is 12.4. The second-order valence-corrected chi connectivity index (χ2v) is 21.6. The number of nitrogens with one attached hydrogen (secondary N) is 3. The summed E-state index contributed by atoms with van der Waals surface area (Å²) in [5.41, 5.74) is 4.88. The molecule has 5 fully saturated rings. The number of sulfonamides is 1. The number of nitro groups is 1. The number of aromatic nitrogens is 2. The zero-order valence-corrected chi connectivity index (χ0v) is 36.8. The minimum atomic E-state index is -4.55. The van der Waals surface area contributed by atoms with Gasteiger partial charge in [-0.05, 0) is 111 Å². The van der Waals surface area contributed by atoms with Crippen molar-refractivity contribution in [3.05, 3.63) is 87.7 Å². The summed E-state index contributed by atoms with van der Waals surface area (Å²) in [4.78, 5) is 37.4. The first kappa shape index (κ1) is 41.3. The number of anilines is 2. The van der Waals surface area contributed by atoms with Gasteiger partial charge in [0.1, 0.15) is 22.8 Å². The summed E-state index contributed by atoms with van der Waals surface area (Å²) in [5.74, 6) is 1.88. The molecule has 2 aromatic heterocycles. The second kappa shape index (κ2) is 15.8. The first-order valence-corrected chi connectivity index (χ1v) is 23.9. The van der Waals surface area contributed by atoms with Crippen molar-refractivity contribution in [2.24, 2.45) is 29.1 Å². The van der Waals surface area contributed by atoms with E-state index in [-0.39, 0.29) is 28.5 Å². The van der Waals surface area contributed by atoms with E-state index >= 15 is 0 Å². The van der Waals surface area contributed by atoms with Gasteiger partial charge in [-0.2, -0.15) is 0 Å². The lowest BCUT2D eigenvalue weighted by molar-refractivity contribution is -0.384. The summed E-state index contributed by atoms with van der Waals surface area (Å²) in [6.07, 6.45) is 12.2. The normalized spacial score (nSPS) is 26.4. The highest BCUT2D eigenvalue weighted by Gasteiger charge is 2.55. The number of alkyl halides is 1. The number of allylic oxidation sites excluding steroid dienone is 1. The number of nitrogens with zero attached hydrogens (tertiary/aromatic N) is 4. The molecule has 2 aromatic carbocycles. The van der Waals surface area contributed by atoms with Crippen molar-refractivity contribution < 1.29 is 27.6 Å². The number of H-pyrrole nitrogens is 1. The number of benzene rings is 2. The number of piperazine rings is 1. The van der Waals surface area contributed by atoms with Gasteiger partial charge in [-0.15, -0.1) is 11.6 Å². The molecule has 328 valence electrons. The Morgan fingerprint density at radius 1 is 1.06 bits per heavy atom. The van der Waals surface area contributed by atoms with Crippen molar-refractivity contribution in [1.82, 2.24) is 19.6 Å². The van der Waals surface area contributed by atoms with Crippen LogP contribution in [0, 0.1) is 39.2 Å². The van der Waals surface area contributed by atoms with Crippen molar-refractivity contribution in [3.63, 3.8) is 0 Å². The van der Waals surface area contributed by atoms with Gasteiger partial charge in [0.2, 0.25) is 0 Å². The maximum Gasteiger partial charge on any atom is 0.293 e. The van der Waals surface area contributed by atoms with Gasteiger partial charge >= 0.3 is 0 Å². The Morgan fingerprint density at radius 3 is 2.61 bits per heavy atom. The summed E-state index contributed by atoms with van der Waals surface area (Å²) in [7, 11) is -4.55. The van der Waals surface area contributed by atoms with Crippen LogP contribution in [0.1, 0.15) is 75.6 Å². The van der Waals surface area contributed by atoms with E-state index in [0.29, 0.717) is 47.2 Å². The molecule has 16 heteroatoms. The predicted molar refractivity (Wildman–Crippen MR) is 238 cm³/mol. The third kappa shape index (κ3) is 8.40. The summed E-state index contributed by atoms with van der Waals surface area (Å²) < 4.78 is 41.8. The Hall–Kier alpha value is -4.70. The van der Waals surface area contributed by atoms with Crippen molar-refractivity contribution in [1.29, 1.82) is 0 Å². The molecule has 4 aromatic rings. The van der Waals surface area contributed by atoms with E-state index in [9.17, 15) is 23.3 Å². The molecule has 3 saturated carbocycles. The first-order valence-electron chi connectivity index (χ1n) is 22.0. The fraction of sp³-hybridized carbons (Fsp3) is 0.522. The molecule has 0 radical (unpaired) electrons. The SMILES string of the molecule is CC1(C)CCC(CN2CCN(c3ccc(C(=O)NS(=O)(=O)c4ccc(NCC5COC6(CC6)C5)c([N+](=O)[O-])c4)c(Oc4cnc5[nH]ccc5c4)c3)CC2)=C([C@@H]2C[C@H](Cl)C3CC32)C1. The van der Waals surface area contributed by atoms with Gasteiger partial charge in [-0.1, -0.05) is 25.0 Å². The van der Waals surface area contributed by atoms with E-state index in [2.05, 4.69) is 43.7 Å². The number of ether oxygens (including phenoxy) is 2. The summed E-state index contributed by atoms with van der Waals surface area (Å²) in [5, 5.41) is 16.4. The number of carbonyl (C=O) groups excluding carboxylic acids is 1. The van der Waals surface area contributed by atoms with Crippen LogP contribution in [-0.2, 0) is 14.8 Å². The highest BCUT2D eigenvalue weighted by Crippen LogP contribution is 2.62. The van der Waals surface area contributed by atoms with Crippen LogP contribution in [0.25, 0.3) is 11.0 Å². The van der Waals surface area contributed by atoms with Crippen LogP contribution < -0.4 is 19.7 Å². The zero-order valence-electron chi connectivity index (χ0n) is 35.2. The molecular formula is C46H54ClN7O7S. The summed E-state index contributed by atoms with van der Waals surface area (Å²) in [6.45, 7) is 10.1. The quantitative estimate of drug-likeness (QED) is 0.0511. The molecule has 4 aliphatic carbocycles. The third-order valence-electron chi connectivity index (χ3n) is 14.4. The maximum atomic E-state index is 14.0. The molecule has 5 atom stereocenters. The Morgan fingerprint density at radius 2 is 1.89 bits per heavy atom. The van der Waals surface area contributed by atoms with E-state index in [1.54, 1.807) is 41.7 Å². The molecule has 1 spiro atoms. The first-order chi connectivity index (χ1) is 29.7. The van der Waals surface area contributed by atoms with Gasteiger partial charge in [-0.3, -0.25) is 19.8 Å². The lowest BCUT2D eigenvalue weighted by Crippen LogP contribution is -2.47. The van der Waals surface area contributed by atoms with Crippen LogP contribution in [0.2, 0.25) is 0 Å². The van der Waals surface area contributed by atoms with Crippen LogP contribution in [0.3, 0.4) is 0 Å². The van der Waals surface area contributed by atoms with Gasteiger partial charge in [0.05, 0.1) is 33.8 Å². The average molecular weight is 884 g/mol.